The van der Waals surface area contributed by atoms with Gasteiger partial charge >= 0.3 is 11.8 Å². The zero-order chi connectivity index (χ0) is 23.4. The molecule has 0 aromatic heterocycles. The molecule has 2 aliphatic rings. The third kappa shape index (κ3) is 5.37. The lowest BCUT2D eigenvalue weighted by Gasteiger charge is -2.36. The molecule has 7 nitrogen and oxygen atoms in total. The van der Waals surface area contributed by atoms with Gasteiger partial charge in [-0.1, -0.05) is 24.3 Å². The summed E-state index contributed by atoms with van der Waals surface area (Å²) in [5.74, 6) is -1.26. The average Bonchev–Trinajstić information content (AvgIpc) is 2.83. The van der Waals surface area contributed by atoms with Gasteiger partial charge in [0.2, 0.25) is 0 Å². The molecule has 176 valence electrons. The Hall–Kier alpha value is -2.90. The number of ether oxygens (including phenoxy) is 1. The third-order valence-corrected chi connectivity index (χ3v) is 6.84. The molecule has 2 aromatic rings. The van der Waals surface area contributed by atoms with Gasteiger partial charge in [-0.2, -0.15) is 0 Å². The molecule has 0 unspecified atom stereocenters. The van der Waals surface area contributed by atoms with E-state index in [0.717, 1.165) is 43.6 Å². The van der Waals surface area contributed by atoms with Gasteiger partial charge in [0.15, 0.2) is 0 Å². The smallest absolute Gasteiger partial charge is 0.313 e. The van der Waals surface area contributed by atoms with Crippen LogP contribution in [-0.2, 0) is 20.7 Å². The summed E-state index contributed by atoms with van der Waals surface area (Å²) in [4.78, 5) is 29.9. The molecule has 1 saturated heterocycles. The lowest BCUT2D eigenvalue weighted by molar-refractivity contribution is -0.136. The summed E-state index contributed by atoms with van der Waals surface area (Å²) in [7, 11) is 2.13. The summed E-state index contributed by atoms with van der Waals surface area (Å²) in [6.45, 7) is 8.30. The molecular formula is C26H34N4O3. The van der Waals surface area contributed by atoms with Crippen LogP contribution in [0.4, 0.5) is 11.4 Å². The van der Waals surface area contributed by atoms with Crippen molar-refractivity contribution in [2.75, 3.05) is 56.7 Å². The fraction of sp³-hybridized carbons (Fsp3) is 0.462. The molecule has 2 amide bonds. The number of nitrogens with one attached hydrogen (secondary N) is 2. The number of anilines is 2. The SMILES string of the molecule is Cc1cccc(NC(=O)C(=O)NC[C@@H](c2ccc3c(c2)CCCN3C)N2CCOCC2)c1C. The molecule has 0 radical (unpaired) electrons. The predicted molar refractivity (Wildman–Crippen MR) is 131 cm³/mol. The van der Waals surface area contributed by atoms with Gasteiger partial charge in [-0.15, -0.1) is 0 Å². The standard InChI is InChI=1S/C26H34N4O3/c1-18-6-4-8-22(19(18)2)28-26(32)25(31)27-17-24(30-12-14-33-15-13-30)21-9-10-23-20(16-21)7-5-11-29(23)3/h4,6,8-10,16,24H,5,7,11-15,17H2,1-3H3,(H,27,31)(H,28,32)/t24-/m0/s1. The van der Waals surface area contributed by atoms with Crippen LogP contribution < -0.4 is 15.5 Å². The van der Waals surface area contributed by atoms with Crippen LogP contribution in [0.3, 0.4) is 0 Å². The summed E-state index contributed by atoms with van der Waals surface area (Å²) in [5, 5.41) is 5.63. The average molecular weight is 451 g/mol. The second-order valence-corrected chi connectivity index (χ2v) is 8.99. The predicted octanol–water partition coefficient (Wildman–Crippen LogP) is 2.81. The number of aryl methyl sites for hydroxylation is 2. The minimum atomic E-state index is -0.642. The summed E-state index contributed by atoms with van der Waals surface area (Å²) in [6.07, 6.45) is 2.21. The number of carbonyl (C=O) groups is 2. The monoisotopic (exact) mass is 450 g/mol. The van der Waals surface area contributed by atoms with Crippen molar-refractivity contribution in [2.45, 2.75) is 32.7 Å². The largest absolute Gasteiger partial charge is 0.379 e. The van der Waals surface area contributed by atoms with Gasteiger partial charge in [-0.05, 0) is 61.1 Å². The number of benzene rings is 2. The van der Waals surface area contributed by atoms with Crippen LogP contribution in [0, 0.1) is 13.8 Å². The van der Waals surface area contributed by atoms with E-state index in [1.807, 2.05) is 32.0 Å². The molecule has 0 aliphatic carbocycles. The Balaban J connectivity index is 1.47. The van der Waals surface area contributed by atoms with Gasteiger partial charge in [-0.25, -0.2) is 0 Å². The Morgan fingerprint density at radius 1 is 1.06 bits per heavy atom. The molecular weight excluding hydrogens is 416 g/mol. The van der Waals surface area contributed by atoms with Crippen LogP contribution >= 0.6 is 0 Å². The maximum Gasteiger partial charge on any atom is 0.313 e. The Morgan fingerprint density at radius 3 is 2.64 bits per heavy atom. The molecule has 2 aromatic carbocycles. The fourth-order valence-corrected chi connectivity index (χ4v) is 4.69. The lowest BCUT2D eigenvalue weighted by Crippen LogP contribution is -2.45. The van der Waals surface area contributed by atoms with Gasteiger partial charge in [0.1, 0.15) is 0 Å². The second kappa shape index (κ2) is 10.4. The minimum absolute atomic E-state index is 0.0103. The number of hydrogen-bond acceptors (Lipinski definition) is 5. The summed E-state index contributed by atoms with van der Waals surface area (Å²) >= 11 is 0. The summed E-state index contributed by atoms with van der Waals surface area (Å²) in [6, 6.07) is 12.3. The van der Waals surface area contributed by atoms with Crippen LogP contribution in [-0.4, -0.2) is 63.2 Å². The normalized spacial score (nSPS) is 17.2. The molecule has 4 rings (SSSR count). The number of rotatable bonds is 5. The van der Waals surface area contributed by atoms with E-state index < -0.39 is 11.8 Å². The van der Waals surface area contributed by atoms with Crippen LogP contribution in [0.2, 0.25) is 0 Å². The van der Waals surface area contributed by atoms with Crippen molar-refractivity contribution >= 4 is 23.2 Å². The van der Waals surface area contributed by atoms with Crippen molar-refractivity contribution in [2.24, 2.45) is 0 Å². The number of amides is 2. The Morgan fingerprint density at radius 2 is 1.85 bits per heavy atom. The molecule has 7 heteroatoms. The van der Waals surface area contributed by atoms with Crippen LogP contribution in [0.1, 0.15) is 34.7 Å². The van der Waals surface area contributed by atoms with Gasteiger partial charge in [0.25, 0.3) is 0 Å². The quantitative estimate of drug-likeness (QED) is 0.686. The minimum Gasteiger partial charge on any atom is -0.379 e. The first-order chi connectivity index (χ1) is 15.9. The molecule has 0 saturated carbocycles. The van der Waals surface area contributed by atoms with Gasteiger partial charge in [0.05, 0.1) is 19.3 Å². The number of hydrogen-bond donors (Lipinski definition) is 2. The Bertz CT molecular complexity index is 1020. The molecule has 1 fully saturated rings. The van der Waals surface area contributed by atoms with E-state index in [1.54, 1.807) is 0 Å². The molecule has 2 aliphatic heterocycles. The molecule has 0 bridgehead atoms. The number of fused-ring (bicyclic) bond motifs is 1. The molecule has 1 atom stereocenters. The molecule has 2 N–H and O–H groups in total. The lowest BCUT2D eigenvalue weighted by atomic mass is 9.95. The third-order valence-electron chi connectivity index (χ3n) is 6.84. The first-order valence-electron chi connectivity index (χ1n) is 11.7. The van der Waals surface area contributed by atoms with Gasteiger partial charge < -0.3 is 20.3 Å². The van der Waals surface area contributed by atoms with Crippen molar-refractivity contribution < 1.29 is 14.3 Å². The van der Waals surface area contributed by atoms with Gasteiger partial charge in [0, 0.05) is 44.6 Å². The first kappa shape index (κ1) is 23.3. The van der Waals surface area contributed by atoms with E-state index in [1.165, 1.54) is 16.8 Å². The topological polar surface area (TPSA) is 73.9 Å². The van der Waals surface area contributed by atoms with Crippen LogP contribution in [0.5, 0.6) is 0 Å². The van der Waals surface area contributed by atoms with E-state index >= 15 is 0 Å². The van der Waals surface area contributed by atoms with Crippen LogP contribution in [0.25, 0.3) is 0 Å². The van der Waals surface area contributed by atoms with Crippen molar-refractivity contribution in [1.29, 1.82) is 0 Å². The van der Waals surface area contributed by atoms with E-state index in [9.17, 15) is 9.59 Å². The number of morpholine rings is 1. The highest BCUT2D eigenvalue weighted by atomic mass is 16.5. The summed E-state index contributed by atoms with van der Waals surface area (Å²) < 4.78 is 5.54. The Kier molecular flexibility index (Phi) is 7.30. The van der Waals surface area contributed by atoms with E-state index in [2.05, 4.69) is 45.7 Å². The zero-order valence-electron chi connectivity index (χ0n) is 19.8. The molecule has 0 spiro atoms. The van der Waals surface area contributed by atoms with Gasteiger partial charge in [-0.3, -0.25) is 14.5 Å². The highest BCUT2D eigenvalue weighted by molar-refractivity contribution is 6.39. The fourth-order valence-electron chi connectivity index (χ4n) is 4.69. The van der Waals surface area contributed by atoms with Crippen LogP contribution in [0.15, 0.2) is 36.4 Å². The van der Waals surface area contributed by atoms with Crippen molar-refractivity contribution in [3.05, 3.63) is 58.7 Å². The maximum atomic E-state index is 12.7. The number of carbonyl (C=O) groups excluding carboxylic acids is 2. The Labute approximate surface area is 196 Å². The van der Waals surface area contributed by atoms with E-state index in [-0.39, 0.29) is 6.04 Å². The zero-order valence-corrected chi connectivity index (χ0v) is 19.8. The molecule has 33 heavy (non-hydrogen) atoms. The first-order valence-corrected chi connectivity index (χ1v) is 11.7. The van der Waals surface area contributed by atoms with Crippen molar-refractivity contribution in [3.63, 3.8) is 0 Å². The highest BCUT2D eigenvalue weighted by Gasteiger charge is 2.26. The maximum absolute atomic E-state index is 12.7. The summed E-state index contributed by atoms with van der Waals surface area (Å²) in [5.41, 5.74) is 6.49. The highest BCUT2D eigenvalue weighted by Crippen LogP contribution is 2.31. The number of nitrogens with zero attached hydrogens (tertiary/aromatic N) is 2. The van der Waals surface area contributed by atoms with Crippen molar-refractivity contribution in [1.82, 2.24) is 10.2 Å². The second-order valence-electron chi connectivity index (χ2n) is 8.99. The van der Waals surface area contributed by atoms with E-state index in [4.69, 9.17) is 4.74 Å². The molecule has 2 heterocycles. The van der Waals surface area contributed by atoms with Crippen molar-refractivity contribution in [3.8, 4) is 0 Å². The van der Waals surface area contributed by atoms with E-state index in [0.29, 0.717) is 25.4 Å².